The maximum absolute atomic E-state index is 12.8. The van der Waals surface area contributed by atoms with E-state index in [9.17, 15) is 9.90 Å². The zero-order chi connectivity index (χ0) is 21.0. The smallest absolute Gasteiger partial charge is 0.251 e. The van der Waals surface area contributed by atoms with Crippen molar-refractivity contribution in [2.75, 3.05) is 13.7 Å². The van der Waals surface area contributed by atoms with Gasteiger partial charge in [0.15, 0.2) is 5.82 Å². The van der Waals surface area contributed by atoms with Crippen molar-refractivity contribution < 1.29 is 14.6 Å². The van der Waals surface area contributed by atoms with Gasteiger partial charge in [0.25, 0.3) is 5.91 Å². The minimum atomic E-state index is -0.855. The van der Waals surface area contributed by atoms with Gasteiger partial charge in [0, 0.05) is 18.7 Å². The molecule has 1 heterocycles. The topological polar surface area (TPSA) is 102 Å². The third-order valence-corrected chi connectivity index (χ3v) is 4.47. The predicted octanol–water partition coefficient (Wildman–Crippen LogP) is 2.46. The highest BCUT2D eigenvalue weighted by atomic mass is 16.5. The summed E-state index contributed by atoms with van der Waals surface area (Å²) in [7, 11) is 1.59. The second-order valence-corrected chi connectivity index (χ2v) is 7.09. The number of rotatable bonds is 7. The van der Waals surface area contributed by atoms with Gasteiger partial charge in [-0.25, -0.2) is 0 Å². The highest BCUT2D eigenvalue weighted by Gasteiger charge is 2.17. The van der Waals surface area contributed by atoms with Crippen LogP contribution in [-0.2, 0) is 4.74 Å². The fourth-order valence-corrected chi connectivity index (χ4v) is 3.01. The number of aliphatic hydroxyl groups excluding tert-OH is 1. The molecular weight excluding hydrogens is 370 g/mol. The first kappa shape index (κ1) is 20.6. The van der Waals surface area contributed by atoms with Gasteiger partial charge < -0.3 is 15.2 Å². The lowest BCUT2D eigenvalue weighted by Crippen LogP contribution is -2.35. The molecule has 0 saturated carbocycles. The molecule has 3 aromatic rings. The van der Waals surface area contributed by atoms with Gasteiger partial charge in [0.05, 0.1) is 12.3 Å². The van der Waals surface area contributed by atoms with Crippen molar-refractivity contribution in [3.8, 4) is 16.8 Å². The van der Waals surface area contributed by atoms with Gasteiger partial charge in [-0.15, -0.1) is 5.10 Å². The van der Waals surface area contributed by atoms with Crippen LogP contribution in [0.25, 0.3) is 16.8 Å². The molecule has 1 amide bonds. The Labute approximate surface area is 169 Å². The van der Waals surface area contributed by atoms with Crippen molar-refractivity contribution >= 4 is 5.91 Å². The van der Waals surface area contributed by atoms with Crippen molar-refractivity contribution in [1.82, 2.24) is 25.5 Å². The molecule has 1 unspecified atom stereocenters. The van der Waals surface area contributed by atoms with E-state index in [4.69, 9.17) is 4.74 Å². The minimum absolute atomic E-state index is 0.139. The van der Waals surface area contributed by atoms with Crippen LogP contribution in [0.2, 0.25) is 0 Å². The van der Waals surface area contributed by atoms with Crippen molar-refractivity contribution in [2.24, 2.45) is 0 Å². The van der Waals surface area contributed by atoms with Crippen LogP contribution < -0.4 is 5.32 Å². The van der Waals surface area contributed by atoms with E-state index in [0.717, 1.165) is 16.7 Å². The van der Waals surface area contributed by atoms with Crippen LogP contribution in [0.5, 0.6) is 0 Å². The summed E-state index contributed by atoms with van der Waals surface area (Å²) in [5, 5.41) is 24.4. The first-order valence-corrected chi connectivity index (χ1v) is 9.37. The molecule has 2 N–H and O–H groups in total. The summed E-state index contributed by atoms with van der Waals surface area (Å²) < 4.78 is 6.54. The largest absolute Gasteiger partial charge is 0.385 e. The summed E-state index contributed by atoms with van der Waals surface area (Å²) in [6, 6.07) is 13.3. The summed E-state index contributed by atoms with van der Waals surface area (Å²) in [5.41, 5.74) is 4.01. The molecule has 2 aromatic carbocycles. The number of aryl methyl sites for hydroxylation is 1. The van der Waals surface area contributed by atoms with E-state index < -0.39 is 6.10 Å². The third kappa shape index (κ3) is 4.85. The zero-order valence-electron chi connectivity index (χ0n) is 17.0. The summed E-state index contributed by atoms with van der Waals surface area (Å²) in [6.45, 7) is 5.90. The number of amides is 1. The Morgan fingerprint density at radius 3 is 2.55 bits per heavy atom. The van der Waals surface area contributed by atoms with E-state index >= 15 is 0 Å². The number of methoxy groups -OCH3 is 1. The predicted molar refractivity (Wildman–Crippen MR) is 109 cm³/mol. The number of hydrogen-bond acceptors (Lipinski definition) is 6. The van der Waals surface area contributed by atoms with Gasteiger partial charge >= 0.3 is 0 Å². The number of nitrogens with zero attached hydrogens (tertiary/aromatic N) is 4. The van der Waals surface area contributed by atoms with Crippen LogP contribution in [0, 0.1) is 6.92 Å². The van der Waals surface area contributed by atoms with E-state index in [-0.39, 0.29) is 11.9 Å². The molecule has 0 saturated heterocycles. The number of carbonyl (C=O) groups excluding carboxylic acids is 1. The first-order chi connectivity index (χ1) is 13.9. The van der Waals surface area contributed by atoms with Gasteiger partial charge in [-0.05, 0) is 60.5 Å². The van der Waals surface area contributed by atoms with Crippen LogP contribution in [0.4, 0.5) is 0 Å². The molecule has 152 valence electrons. The minimum Gasteiger partial charge on any atom is -0.385 e. The molecule has 0 aliphatic rings. The monoisotopic (exact) mass is 395 g/mol. The number of benzene rings is 2. The standard InChI is InChI=1S/C21H25N5O3/c1-13-5-7-16(8-6-13)17-9-18(21(28)22-14(2)12-29-4)11-19(10-17)26-20(15(3)27)23-24-25-26/h5-11,14-15,27H,12H2,1-4H3,(H,22,28)/t14-,15?/m1/s1. The van der Waals surface area contributed by atoms with Crippen LogP contribution >= 0.6 is 0 Å². The zero-order valence-corrected chi connectivity index (χ0v) is 17.0. The normalized spacial score (nSPS) is 13.1. The number of aliphatic hydroxyl groups is 1. The lowest BCUT2D eigenvalue weighted by atomic mass is 10.0. The summed E-state index contributed by atoms with van der Waals surface area (Å²) in [4.78, 5) is 12.8. The molecule has 0 spiro atoms. The average Bonchev–Trinajstić information content (AvgIpc) is 3.18. The molecule has 8 heteroatoms. The molecular formula is C21H25N5O3. The maximum atomic E-state index is 12.8. The second-order valence-electron chi connectivity index (χ2n) is 7.09. The van der Waals surface area contributed by atoms with E-state index in [1.54, 1.807) is 20.1 Å². The van der Waals surface area contributed by atoms with Crippen LogP contribution in [0.15, 0.2) is 42.5 Å². The molecule has 2 atom stereocenters. The molecule has 0 aliphatic heterocycles. The van der Waals surface area contributed by atoms with Crippen molar-refractivity contribution in [3.05, 3.63) is 59.4 Å². The van der Waals surface area contributed by atoms with Gasteiger partial charge in [-0.1, -0.05) is 29.8 Å². The number of hydrogen-bond donors (Lipinski definition) is 2. The Morgan fingerprint density at radius 2 is 1.90 bits per heavy atom. The number of tetrazole rings is 1. The van der Waals surface area contributed by atoms with Crippen LogP contribution in [0.1, 0.15) is 41.7 Å². The molecule has 8 nitrogen and oxygen atoms in total. The average molecular weight is 395 g/mol. The van der Waals surface area contributed by atoms with Crippen LogP contribution in [0.3, 0.4) is 0 Å². The fraction of sp³-hybridized carbons (Fsp3) is 0.333. The van der Waals surface area contributed by atoms with Crippen molar-refractivity contribution in [3.63, 3.8) is 0 Å². The van der Waals surface area contributed by atoms with Gasteiger partial charge in [0.1, 0.15) is 6.10 Å². The molecule has 3 rings (SSSR count). The number of aromatic nitrogens is 4. The van der Waals surface area contributed by atoms with Crippen LogP contribution in [-0.4, -0.2) is 51.0 Å². The number of carbonyl (C=O) groups is 1. The Bertz CT molecular complexity index is 982. The Hall–Kier alpha value is -3.10. The van der Waals surface area contributed by atoms with Crippen molar-refractivity contribution in [2.45, 2.75) is 32.9 Å². The number of ether oxygens (including phenoxy) is 1. The molecule has 29 heavy (non-hydrogen) atoms. The molecule has 0 fully saturated rings. The highest BCUT2D eigenvalue weighted by Crippen LogP contribution is 2.26. The highest BCUT2D eigenvalue weighted by molar-refractivity contribution is 5.96. The number of nitrogens with one attached hydrogen (secondary N) is 1. The lowest BCUT2D eigenvalue weighted by Gasteiger charge is -2.15. The maximum Gasteiger partial charge on any atom is 0.251 e. The van der Waals surface area contributed by atoms with Gasteiger partial charge in [-0.2, -0.15) is 4.68 Å². The Morgan fingerprint density at radius 1 is 1.17 bits per heavy atom. The SMILES string of the molecule is COC[C@@H](C)NC(=O)c1cc(-c2ccc(C)cc2)cc(-n2nnnc2C(C)O)c1. The third-order valence-electron chi connectivity index (χ3n) is 4.47. The quantitative estimate of drug-likeness (QED) is 0.637. The van der Waals surface area contributed by atoms with Gasteiger partial charge in [-0.3, -0.25) is 4.79 Å². The lowest BCUT2D eigenvalue weighted by molar-refractivity contribution is 0.0905. The molecule has 1 aromatic heterocycles. The van der Waals surface area contributed by atoms with E-state index in [1.165, 1.54) is 4.68 Å². The molecule has 0 bridgehead atoms. The molecule has 0 aliphatic carbocycles. The van der Waals surface area contributed by atoms with E-state index in [1.807, 2.05) is 50.2 Å². The van der Waals surface area contributed by atoms with E-state index in [0.29, 0.717) is 23.7 Å². The summed E-state index contributed by atoms with van der Waals surface area (Å²) in [5.74, 6) is 0.0709. The summed E-state index contributed by atoms with van der Waals surface area (Å²) >= 11 is 0. The second kappa shape index (κ2) is 8.93. The Balaban J connectivity index is 2.08. The van der Waals surface area contributed by atoms with E-state index in [2.05, 4.69) is 20.8 Å². The van der Waals surface area contributed by atoms with Gasteiger partial charge in [0.2, 0.25) is 0 Å². The Kier molecular flexibility index (Phi) is 6.36. The van der Waals surface area contributed by atoms with Crippen molar-refractivity contribution in [1.29, 1.82) is 0 Å². The fourth-order valence-electron chi connectivity index (χ4n) is 3.01. The summed E-state index contributed by atoms with van der Waals surface area (Å²) in [6.07, 6.45) is -0.855. The first-order valence-electron chi connectivity index (χ1n) is 9.37. The molecule has 0 radical (unpaired) electrons.